The third kappa shape index (κ3) is 12.5. The van der Waals surface area contributed by atoms with Gasteiger partial charge >= 0.3 is 0 Å². The molecule has 0 heterocycles. The molecule has 4 rings (SSSR count). The summed E-state index contributed by atoms with van der Waals surface area (Å²) in [6.07, 6.45) is 1.80. The number of carbonyl (C=O) groups excluding carboxylic acids is 2. The molecule has 0 aliphatic rings. The summed E-state index contributed by atoms with van der Waals surface area (Å²) in [6.45, 7) is 6.44. The molecule has 0 bridgehead atoms. The van der Waals surface area contributed by atoms with Crippen molar-refractivity contribution in [3.8, 4) is 22.6 Å². The van der Waals surface area contributed by atoms with E-state index in [1.54, 1.807) is 14.2 Å². The zero-order chi connectivity index (χ0) is 35.0. The SMILES string of the molecule is CCCN(CCC)C(=O)Cc1cc(CC(=O)N[C@@H](Cc2ccccc2)[C@H](O)CNCc2cccc(OC)c2)cc(-c2ccc(OC)cc2)c1.Cl. The van der Waals surface area contributed by atoms with Gasteiger partial charge in [0.2, 0.25) is 11.8 Å². The van der Waals surface area contributed by atoms with Gasteiger partial charge in [-0.05, 0) is 76.9 Å². The zero-order valence-electron chi connectivity index (χ0n) is 29.7. The number of hydrogen-bond donors (Lipinski definition) is 3. The number of nitrogens with zero attached hydrogens (tertiary/aromatic N) is 1. The normalized spacial score (nSPS) is 11.9. The first-order valence-corrected chi connectivity index (χ1v) is 17.2. The molecule has 9 heteroatoms. The number of halogens is 1. The molecule has 0 spiro atoms. The van der Waals surface area contributed by atoms with Gasteiger partial charge in [0.1, 0.15) is 11.5 Å². The Morgan fingerprint density at radius 3 is 2.00 bits per heavy atom. The van der Waals surface area contributed by atoms with E-state index in [1.807, 2.05) is 102 Å². The van der Waals surface area contributed by atoms with Crippen LogP contribution in [0.4, 0.5) is 0 Å². The molecule has 0 fully saturated rings. The van der Waals surface area contributed by atoms with Crippen molar-refractivity contribution >= 4 is 24.2 Å². The van der Waals surface area contributed by atoms with E-state index < -0.39 is 12.1 Å². The van der Waals surface area contributed by atoms with Gasteiger partial charge in [-0.2, -0.15) is 0 Å². The maximum atomic E-state index is 13.7. The average Bonchev–Trinajstić information content (AvgIpc) is 3.11. The first kappa shape index (κ1) is 40.1. The highest BCUT2D eigenvalue weighted by molar-refractivity contribution is 5.85. The smallest absolute Gasteiger partial charge is 0.226 e. The van der Waals surface area contributed by atoms with Crippen molar-refractivity contribution < 1.29 is 24.2 Å². The van der Waals surface area contributed by atoms with Crippen LogP contribution in [0.15, 0.2) is 97.1 Å². The molecule has 8 nitrogen and oxygen atoms in total. The number of hydrogen-bond acceptors (Lipinski definition) is 6. The van der Waals surface area contributed by atoms with Gasteiger partial charge in [-0.1, -0.05) is 86.6 Å². The Morgan fingerprint density at radius 2 is 1.36 bits per heavy atom. The van der Waals surface area contributed by atoms with E-state index in [9.17, 15) is 14.7 Å². The van der Waals surface area contributed by atoms with Crippen LogP contribution in [0.3, 0.4) is 0 Å². The molecule has 0 saturated heterocycles. The molecule has 0 aromatic heterocycles. The van der Waals surface area contributed by atoms with Crippen LogP contribution in [-0.2, 0) is 35.4 Å². The Kier molecular flexibility index (Phi) is 16.8. The Balaban J connectivity index is 0.00000676. The van der Waals surface area contributed by atoms with Crippen LogP contribution in [0, 0.1) is 0 Å². The van der Waals surface area contributed by atoms with Crippen molar-refractivity contribution in [2.45, 2.75) is 64.6 Å². The van der Waals surface area contributed by atoms with Gasteiger partial charge < -0.3 is 30.1 Å². The molecule has 268 valence electrons. The number of rotatable bonds is 19. The molecule has 0 radical (unpaired) electrons. The summed E-state index contributed by atoms with van der Waals surface area (Å²) >= 11 is 0. The minimum absolute atomic E-state index is 0. The standard InChI is InChI=1S/C41H51N3O5.ClH/c1-5-19-44(20-6-2)41(47)27-33-21-32(22-35(23-33)34-15-17-36(48-3)18-16-34)26-40(46)43-38(25-30-11-8-7-9-12-30)39(45)29-42-28-31-13-10-14-37(24-31)49-4;/h7-18,21-24,38-39,42,45H,5-6,19-20,25-29H2,1-4H3,(H,43,46);1H/t38-,39+;/m0./s1. The highest BCUT2D eigenvalue weighted by atomic mass is 35.5. The van der Waals surface area contributed by atoms with Crippen LogP contribution in [-0.4, -0.2) is 67.8 Å². The van der Waals surface area contributed by atoms with Crippen molar-refractivity contribution in [3.63, 3.8) is 0 Å². The van der Waals surface area contributed by atoms with E-state index in [0.29, 0.717) is 19.5 Å². The van der Waals surface area contributed by atoms with Crippen LogP contribution < -0.4 is 20.1 Å². The summed E-state index contributed by atoms with van der Waals surface area (Å²) in [4.78, 5) is 28.9. The van der Waals surface area contributed by atoms with Crippen LogP contribution in [0.2, 0.25) is 0 Å². The second kappa shape index (κ2) is 21.0. The van der Waals surface area contributed by atoms with Crippen molar-refractivity contribution in [1.82, 2.24) is 15.5 Å². The van der Waals surface area contributed by atoms with Crippen LogP contribution in [0.1, 0.15) is 48.9 Å². The van der Waals surface area contributed by atoms with Crippen LogP contribution in [0.25, 0.3) is 11.1 Å². The maximum Gasteiger partial charge on any atom is 0.226 e. The van der Waals surface area contributed by atoms with E-state index >= 15 is 0 Å². The third-order valence-corrected chi connectivity index (χ3v) is 8.46. The van der Waals surface area contributed by atoms with Crippen molar-refractivity contribution in [2.75, 3.05) is 33.9 Å². The van der Waals surface area contributed by atoms with Crippen LogP contribution in [0.5, 0.6) is 11.5 Å². The number of aliphatic hydroxyl groups excluding tert-OH is 1. The lowest BCUT2D eigenvalue weighted by Crippen LogP contribution is -2.49. The lowest BCUT2D eigenvalue weighted by atomic mass is 9.96. The number of carbonyl (C=O) groups is 2. The monoisotopic (exact) mass is 701 g/mol. The molecule has 2 atom stereocenters. The molecular formula is C41H52ClN3O5. The molecule has 50 heavy (non-hydrogen) atoms. The molecule has 0 saturated carbocycles. The fourth-order valence-corrected chi connectivity index (χ4v) is 5.99. The molecular weight excluding hydrogens is 650 g/mol. The fourth-order valence-electron chi connectivity index (χ4n) is 5.99. The fraction of sp³-hybridized carbons (Fsp3) is 0.366. The van der Waals surface area contributed by atoms with Gasteiger partial charge in [0.25, 0.3) is 0 Å². The van der Waals surface area contributed by atoms with E-state index in [4.69, 9.17) is 9.47 Å². The van der Waals surface area contributed by atoms with Crippen molar-refractivity contribution in [2.24, 2.45) is 0 Å². The van der Waals surface area contributed by atoms with Gasteiger partial charge in [-0.15, -0.1) is 12.4 Å². The number of methoxy groups -OCH3 is 2. The Labute approximate surface area is 303 Å². The lowest BCUT2D eigenvalue weighted by molar-refractivity contribution is -0.130. The predicted octanol–water partition coefficient (Wildman–Crippen LogP) is 6.40. The second-order valence-electron chi connectivity index (χ2n) is 12.4. The summed E-state index contributed by atoms with van der Waals surface area (Å²) in [5.74, 6) is 1.41. The largest absolute Gasteiger partial charge is 0.497 e. The van der Waals surface area contributed by atoms with Gasteiger partial charge in [0.15, 0.2) is 0 Å². The highest BCUT2D eigenvalue weighted by Crippen LogP contribution is 2.26. The third-order valence-electron chi connectivity index (χ3n) is 8.46. The van der Waals surface area contributed by atoms with E-state index in [1.165, 1.54) is 0 Å². The summed E-state index contributed by atoms with van der Waals surface area (Å²) in [6, 6.07) is 30.9. The molecule has 3 N–H and O–H groups in total. The topological polar surface area (TPSA) is 100 Å². The zero-order valence-corrected chi connectivity index (χ0v) is 30.5. The molecule has 4 aromatic carbocycles. The molecule has 0 aliphatic heterocycles. The number of benzene rings is 4. The molecule has 0 unspecified atom stereocenters. The summed E-state index contributed by atoms with van der Waals surface area (Å²) in [5, 5.41) is 17.8. The number of ether oxygens (including phenoxy) is 2. The number of amides is 2. The van der Waals surface area contributed by atoms with Gasteiger partial charge in [-0.3, -0.25) is 9.59 Å². The van der Waals surface area contributed by atoms with Gasteiger partial charge in [0.05, 0.1) is 39.2 Å². The summed E-state index contributed by atoms with van der Waals surface area (Å²) < 4.78 is 10.7. The minimum Gasteiger partial charge on any atom is -0.497 e. The second-order valence-corrected chi connectivity index (χ2v) is 12.4. The maximum absolute atomic E-state index is 13.7. The summed E-state index contributed by atoms with van der Waals surface area (Å²) in [7, 11) is 3.27. The first-order valence-electron chi connectivity index (χ1n) is 17.2. The lowest BCUT2D eigenvalue weighted by Gasteiger charge is -2.25. The average molecular weight is 702 g/mol. The van der Waals surface area contributed by atoms with Crippen molar-refractivity contribution in [1.29, 1.82) is 0 Å². The molecule has 2 amide bonds. The predicted molar refractivity (Wildman–Crippen MR) is 203 cm³/mol. The van der Waals surface area contributed by atoms with Crippen LogP contribution >= 0.6 is 12.4 Å². The Morgan fingerprint density at radius 1 is 0.720 bits per heavy atom. The minimum atomic E-state index is -0.836. The number of nitrogens with one attached hydrogen (secondary N) is 2. The summed E-state index contributed by atoms with van der Waals surface area (Å²) in [5.41, 5.74) is 5.61. The van der Waals surface area contributed by atoms with Gasteiger partial charge in [-0.25, -0.2) is 0 Å². The molecule has 0 aliphatic carbocycles. The van der Waals surface area contributed by atoms with E-state index in [-0.39, 0.29) is 37.1 Å². The Bertz CT molecular complexity index is 1610. The van der Waals surface area contributed by atoms with E-state index in [0.717, 1.165) is 70.8 Å². The first-order chi connectivity index (χ1) is 23.8. The Hall–Kier alpha value is -4.37. The molecule has 4 aromatic rings. The van der Waals surface area contributed by atoms with E-state index in [2.05, 4.69) is 24.5 Å². The highest BCUT2D eigenvalue weighted by Gasteiger charge is 2.22. The number of aliphatic hydroxyl groups is 1. The quantitative estimate of drug-likeness (QED) is 0.105. The van der Waals surface area contributed by atoms with Gasteiger partial charge in [0, 0.05) is 26.2 Å². The van der Waals surface area contributed by atoms with Crippen molar-refractivity contribution in [3.05, 3.63) is 119 Å².